The van der Waals surface area contributed by atoms with Crippen molar-refractivity contribution in [3.63, 3.8) is 0 Å². The van der Waals surface area contributed by atoms with Crippen molar-refractivity contribution in [1.29, 1.82) is 0 Å². The van der Waals surface area contributed by atoms with Crippen LogP contribution in [0.5, 0.6) is 0 Å². The highest BCUT2D eigenvalue weighted by Crippen LogP contribution is 2.36. The number of rotatable bonds is 4. The summed E-state index contributed by atoms with van der Waals surface area (Å²) in [5.74, 6) is -0.338. The molecule has 6 nitrogen and oxygen atoms in total. The molecular weight excluding hydrogens is 272 g/mol. The van der Waals surface area contributed by atoms with E-state index in [9.17, 15) is 9.59 Å². The smallest absolute Gasteiger partial charge is 0.338 e. The highest BCUT2D eigenvalue weighted by Gasteiger charge is 2.40. The summed E-state index contributed by atoms with van der Waals surface area (Å²) in [5, 5.41) is 3.22. The summed E-state index contributed by atoms with van der Waals surface area (Å²) in [6.45, 7) is 9.34. The first kappa shape index (κ1) is 15.4. The van der Waals surface area contributed by atoms with Gasteiger partial charge >= 0.3 is 11.9 Å². The van der Waals surface area contributed by atoms with E-state index in [0.29, 0.717) is 24.4 Å². The Morgan fingerprint density at radius 1 is 1.19 bits per heavy atom. The number of ether oxygens (including phenoxy) is 2. The van der Waals surface area contributed by atoms with Crippen LogP contribution in [0, 0.1) is 5.92 Å². The molecule has 116 valence electrons. The van der Waals surface area contributed by atoms with E-state index in [-0.39, 0.29) is 17.9 Å². The molecule has 2 rings (SSSR count). The van der Waals surface area contributed by atoms with Crippen LogP contribution in [0.3, 0.4) is 0 Å². The summed E-state index contributed by atoms with van der Waals surface area (Å²) in [5.41, 5.74) is 1.88. The number of allylic oxidation sites excluding steroid dienone is 1. The molecule has 21 heavy (non-hydrogen) atoms. The van der Waals surface area contributed by atoms with E-state index in [1.807, 2.05) is 18.7 Å². The molecule has 0 aromatic rings. The van der Waals surface area contributed by atoms with Gasteiger partial charge in [-0.25, -0.2) is 9.59 Å². The Labute approximate surface area is 124 Å². The van der Waals surface area contributed by atoms with Gasteiger partial charge in [-0.1, -0.05) is 6.92 Å². The fourth-order valence-corrected chi connectivity index (χ4v) is 2.89. The number of esters is 2. The second-order valence-electron chi connectivity index (χ2n) is 5.00. The predicted molar refractivity (Wildman–Crippen MR) is 76.9 cm³/mol. The molecule has 0 aromatic carbocycles. The molecule has 0 bridgehead atoms. The first-order chi connectivity index (χ1) is 10.0. The van der Waals surface area contributed by atoms with E-state index >= 15 is 0 Å². The maximum atomic E-state index is 12.3. The Morgan fingerprint density at radius 2 is 1.76 bits per heavy atom. The molecule has 0 aromatic heterocycles. The highest BCUT2D eigenvalue weighted by molar-refractivity contribution is 5.97. The van der Waals surface area contributed by atoms with Gasteiger partial charge in [0.15, 0.2) is 0 Å². The van der Waals surface area contributed by atoms with Gasteiger partial charge in [0.05, 0.1) is 24.4 Å². The van der Waals surface area contributed by atoms with E-state index in [2.05, 4.69) is 5.32 Å². The van der Waals surface area contributed by atoms with Gasteiger partial charge in [-0.2, -0.15) is 0 Å². The van der Waals surface area contributed by atoms with Gasteiger partial charge in [0, 0.05) is 24.7 Å². The number of carbonyl (C=O) groups is 2. The van der Waals surface area contributed by atoms with E-state index in [1.165, 1.54) is 0 Å². The topological polar surface area (TPSA) is 67.9 Å². The number of nitrogens with one attached hydrogen (secondary N) is 1. The Morgan fingerprint density at radius 3 is 2.33 bits per heavy atom. The summed E-state index contributed by atoms with van der Waals surface area (Å²) in [6.07, 6.45) is 0. The molecule has 6 heteroatoms. The monoisotopic (exact) mass is 294 g/mol. The van der Waals surface area contributed by atoms with Gasteiger partial charge in [-0.05, 0) is 20.8 Å². The third kappa shape index (κ3) is 2.62. The van der Waals surface area contributed by atoms with Crippen LogP contribution >= 0.6 is 0 Å². The molecule has 1 N–H and O–H groups in total. The number of fused-ring (bicyclic) bond motifs is 1. The molecule has 2 heterocycles. The SMILES string of the molecule is CCOC(=O)C1=C(C)N2CCNC2=C(C(=O)OCC)[C@@H]1C. The van der Waals surface area contributed by atoms with Crippen LogP contribution in [-0.2, 0) is 19.1 Å². The van der Waals surface area contributed by atoms with Crippen molar-refractivity contribution in [3.05, 3.63) is 22.7 Å². The minimum Gasteiger partial charge on any atom is -0.463 e. The van der Waals surface area contributed by atoms with Crippen molar-refractivity contribution in [2.24, 2.45) is 5.92 Å². The Kier molecular flexibility index (Phi) is 4.55. The lowest BCUT2D eigenvalue weighted by atomic mass is 9.87. The molecule has 1 fully saturated rings. The van der Waals surface area contributed by atoms with E-state index in [4.69, 9.17) is 9.47 Å². The zero-order valence-electron chi connectivity index (χ0n) is 13.0. The molecule has 1 atom stereocenters. The van der Waals surface area contributed by atoms with Gasteiger partial charge in [0.25, 0.3) is 0 Å². The third-order valence-electron chi connectivity index (χ3n) is 3.80. The van der Waals surface area contributed by atoms with Crippen LogP contribution in [0.4, 0.5) is 0 Å². The fourth-order valence-electron chi connectivity index (χ4n) is 2.89. The predicted octanol–water partition coefficient (Wildman–Crippen LogP) is 1.15. The number of hydrogen-bond donors (Lipinski definition) is 1. The number of nitrogens with zero attached hydrogens (tertiary/aromatic N) is 1. The van der Waals surface area contributed by atoms with Crippen LogP contribution in [0.15, 0.2) is 22.7 Å². The first-order valence-corrected chi connectivity index (χ1v) is 7.33. The quantitative estimate of drug-likeness (QED) is 0.785. The van der Waals surface area contributed by atoms with Gasteiger partial charge < -0.3 is 19.7 Å². The van der Waals surface area contributed by atoms with E-state index < -0.39 is 0 Å². The average Bonchev–Trinajstić information content (AvgIpc) is 2.88. The minimum absolute atomic E-state index is 0.305. The summed E-state index contributed by atoms with van der Waals surface area (Å²) >= 11 is 0. The second kappa shape index (κ2) is 6.20. The molecule has 0 saturated carbocycles. The summed E-state index contributed by atoms with van der Waals surface area (Å²) in [4.78, 5) is 26.5. The molecule has 2 aliphatic heterocycles. The lowest BCUT2D eigenvalue weighted by Crippen LogP contribution is -2.35. The van der Waals surface area contributed by atoms with Crippen molar-refractivity contribution in [1.82, 2.24) is 10.2 Å². The molecule has 0 unspecified atom stereocenters. The molecule has 0 radical (unpaired) electrons. The van der Waals surface area contributed by atoms with Gasteiger partial charge in [-0.3, -0.25) is 0 Å². The minimum atomic E-state index is -0.381. The van der Waals surface area contributed by atoms with Crippen molar-refractivity contribution in [2.75, 3.05) is 26.3 Å². The molecule has 0 spiro atoms. The van der Waals surface area contributed by atoms with Gasteiger partial charge in [0.2, 0.25) is 0 Å². The normalized spacial score (nSPS) is 21.1. The Balaban J connectivity index is 2.44. The maximum Gasteiger partial charge on any atom is 0.338 e. The van der Waals surface area contributed by atoms with Crippen molar-refractivity contribution in [3.8, 4) is 0 Å². The molecule has 0 amide bonds. The summed E-state index contributed by atoms with van der Waals surface area (Å²) in [7, 11) is 0. The molecule has 2 aliphatic rings. The third-order valence-corrected chi connectivity index (χ3v) is 3.80. The van der Waals surface area contributed by atoms with E-state index in [1.54, 1.807) is 13.8 Å². The summed E-state index contributed by atoms with van der Waals surface area (Å²) in [6, 6.07) is 0. The van der Waals surface area contributed by atoms with Crippen molar-refractivity contribution >= 4 is 11.9 Å². The lowest BCUT2D eigenvalue weighted by Gasteiger charge is -2.33. The standard InChI is InChI=1S/C15H22N2O4/c1-5-20-14(18)11-9(3)12(15(19)21-6-2)13-16-7-8-17(13)10(11)4/h9,16H,5-8H2,1-4H3/t9-/m1/s1. The van der Waals surface area contributed by atoms with E-state index in [0.717, 1.165) is 24.6 Å². The largest absolute Gasteiger partial charge is 0.463 e. The molecule has 0 aliphatic carbocycles. The number of carbonyl (C=O) groups excluding carboxylic acids is 2. The zero-order valence-corrected chi connectivity index (χ0v) is 13.0. The van der Waals surface area contributed by atoms with Crippen LogP contribution < -0.4 is 5.32 Å². The average molecular weight is 294 g/mol. The number of hydrogen-bond acceptors (Lipinski definition) is 6. The molecule has 1 saturated heterocycles. The highest BCUT2D eigenvalue weighted by atomic mass is 16.5. The lowest BCUT2D eigenvalue weighted by molar-refractivity contribution is -0.140. The van der Waals surface area contributed by atoms with Crippen molar-refractivity contribution in [2.45, 2.75) is 27.7 Å². The van der Waals surface area contributed by atoms with Crippen LogP contribution in [-0.4, -0.2) is 43.1 Å². The van der Waals surface area contributed by atoms with Crippen LogP contribution in [0.2, 0.25) is 0 Å². The first-order valence-electron chi connectivity index (χ1n) is 7.33. The Bertz CT molecular complexity index is 522. The zero-order chi connectivity index (χ0) is 15.6. The van der Waals surface area contributed by atoms with Crippen molar-refractivity contribution < 1.29 is 19.1 Å². The summed E-state index contributed by atoms with van der Waals surface area (Å²) < 4.78 is 10.3. The fraction of sp³-hybridized carbons (Fsp3) is 0.600. The Hall–Kier alpha value is -1.98. The van der Waals surface area contributed by atoms with Crippen LogP contribution in [0.1, 0.15) is 27.7 Å². The van der Waals surface area contributed by atoms with Gasteiger partial charge in [0.1, 0.15) is 5.82 Å². The second-order valence-corrected chi connectivity index (χ2v) is 5.00. The molecular formula is C15H22N2O4. The maximum absolute atomic E-state index is 12.3. The van der Waals surface area contributed by atoms with Crippen LogP contribution in [0.25, 0.3) is 0 Å². The van der Waals surface area contributed by atoms with Gasteiger partial charge in [-0.15, -0.1) is 0 Å².